The second-order valence-corrected chi connectivity index (χ2v) is 8.91. The SMILES string of the molecule is C=CCOC(=O)N1CC(C)=C[C@]2(C)O[C@H]3[C@H](C(=O)N(CC)[C@@H]3CC(=O)c3ccccc3)C12. The molecule has 1 aromatic rings. The van der Waals surface area contributed by atoms with E-state index in [-0.39, 0.29) is 30.8 Å². The second kappa shape index (κ2) is 8.54. The lowest BCUT2D eigenvalue weighted by atomic mass is 9.81. The minimum atomic E-state index is -0.825. The summed E-state index contributed by atoms with van der Waals surface area (Å²) in [4.78, 5) is 42.7. The van der Waals surface area contributed by atoms with Crippen molar-refractivity contribution in [3.63, 3.8) is 0 Å². The molecule has 7 heteroatoms. The van der Waals surface area contributed by atoms with E-state index < -0.39 is 29.8 Å². The molecule has 2 amide bonds. The molecule has 3 heterocycles. The number of hydrogen-bond acceptors (Lipinski definition) is 5. The Hall–Kier alpha value is -2.93. The number of likely N-dealkylation sites (N-methyl/N-ethyl adjacent to an activating group) is 1. The van der Waals surface area contributed by atoms with Gasteiger partial charge in [-0.1, -0.05) is 54.6 Å². The molecule has 0 spiro atoms. The molecule has 2 saturated heterocycles. The van der Waals surface area contributed by atoms with Gasteiger partial charge in [0, 0.05) is 25.1 Å². The van der Waals surface area contributed by atoms with Gasteiger partial charge in [0.1, 0.15) is 12.2 Å². The van der Waals surface area contributed by atoms with E-state index in [9.17, 15) is 14.4 Å². The molecule has 5 atom stereocenters. The van der Waals surface area contributed by atoms with Gasteiger partial charge >= 0.3 is 6.09 Å². The van der Waals surface area contributed by atoms with Gasteiger partial charge < -0.3 is 14.4 Å². The number of Topliss-reactive ketones (excluding diaryl/α,β-unsaturated/α-hetero) is 1. The first-order valence-corrected chi connectivity index (χ1v) is 11.1. The zero-order chi connectivity index (χ0) is 23.0. The fraction of sp³-hybridized carbons (Fsp3) is 0.480. The average molecular weight is 439 g/mol. The Bertz CT molecular complexity index is 958. The highest BCUT2D eigenvalue weighted by molar-refractivity contribution is 5.97. The third-order valence-corrected chi connectivity index (χ3v) is 6.70. The fourth-order valence-electron chi connectivity index (χ4n) is 5.56. The summed E-state index contributed by atoms with van der Waals surface area (Å²) >= 11 is 0. The summed E-state index contributed by atoms with van der Waals surface area (Å²) in [6.45, 7) is 10.3. The van der Waals surface area contributed by atoms with E-state index in [1.807, 2.05) is 45.0 Å². The monoisotopic (exact) mass is 438 g/mol. The molecule has 0 saturated carbocycles. The standard InChI is InChI=1S/C25H30N2O5/c1-5-12-31-24(30)27-15-16(3)14-25(4)22(27)20-21(32-25)18(26(6-2)23(20)29)13-19(28)17-10-8-7-9-11-17/h5,7-11,14,18,20-22H,1,6,12-13,15H2,2-4H3/t18-,20+,21-,22?,25+/m1/s1. The fourth-order valence-corrected chi connectivity index (χ4v) is 5.56. The van der Waals surface area contributed by atoms with Crippen molar-refractivity contribution in [2.24, 2.45) is 5.92 Å². The summed E-state index contributed by atoms with van der Waals surface area (Å²) < 4.78 is 11.8. The van der Waals surface area contributed by atoms with Crippen molar-refractivity contribution in [2.75, 3.05) is 19.7 Å². The molecule has 3 aliphatic heterocycles. The summed E-state index contributed by atoms with van der Waals surface area (Å²) in [6, 6.07) is 8.22. The van der Waals surface area contributed by atoms with Crippen molar-refractivity contribution in [1.29, 1.82) is 0 Å². The van der Waals surface area contributed by atoms with E-state index in [4.69, 9.17) is 9.47 Å². The van der Waals surface area contributed by atoms with Crippen LogP contribution >= 0.6 is 0 Å². The van der Waals surface area contributed by atoms with Crippen molar-refractivity contribution in [3.8, 4) is 0 Å². The van der Waals surface area contributed by atoms with Gasteiger partial charge in [0.05, 0.1) is 24.1 Å². The van der Waals surface area contributed by atoms with E-state index in [0.717, 1.165) is 5.57 Å². The van der Waals surface area contributed by atoms with E-state index in [1.165, 1.54) is 6.08 Å². The normalized spacial score (nSPS) is 31.1. The summed E-state index contributed by atoms with van der Waals surface area (Å²) in [5.74, 6) is -0.652. The second-order valence-electron chi connectivity index (χ2n) is 8.91. The van der Waals surface area contributed by atoms with Crippen LogP contribution in [-0.2, 0) is 14.3 Å². The van der Waals surface area contributed by atoms with Crippen LogP contribution in [-0.4, -0.2) is 71.1 Å². The highest BCUT2D eigenvalue weighted by Crippen LogP contribution is 2.49. The third kappa shape index (κ3) is 3.64. The lowest BCUT2D eigenvalue weighted by molar-refractivity contribution is -0.134. The minimum absolute atomic E-state index is 0.0277. The van der Waals surface area contributed by atoms with Crippen molar-refractivity contribution in [1.82, 2.24) is 9.80 Å². The Morgan fingerprint density at radius 1 is 1.31 bits per heavy atom. The number of carbonyl (C=O) groups is 3. The number of ketones is 1. The van der Waals surface area contributed by atoms with Gasteiger partial charge in [-0.2, -0.15) is 0 Å². The largest absolute Gasteiger partial charge is 0.445 e. The van der Waals surface area contributed by atoms with Crippen molar-refractivity contribution >= 4 is 17.8 Å². The number of fused-ring (bicyclic) bond motifs is 3. The first kappa shape index (κ1) is 22.3. The summed E-state index contributed by atoms with van der Waals surface area (Å²) in [5, 5.41) is 0. The van der Waals surface area contributed by atoms with Crippen LogP contribution in [0.2, 0.25) is 0 Å². The molecule has 3 aliphatic rings. The molecule has 0 aliphatic carbocycles. The number of hydrogen-bond donors (Lipinski definition) is 0. The number of amides is 2. The molecular weight excluding hydrogens is 408 g/mol. The van der Waals surface area contributed by atoms with Gasteiger partial charge in [-0.3, -0.25) is 14.5 Å². The van der Waals surface area contributed by atoms with Crippen LogP contribution in [0.25, 0.3) is 0 Å². The number of rotatable bonds is 6. The number of benzene rings is 1. The Morgan fingerprint density at radius 3 is 2.69 bits per heavy atom. The summed E-state index contributed by atoms with van der Waals surface area (Å²) in [5.41, 5.74) is 0.761. The maximum Gasteiger partial charge on any atom is 0.410 e. The van der Waals surface area contributed by atoms with Crippen molar-refractivity contribution < 1.29 is 23.9 Å². The number of likely N-dealkylation sites (tertiary alicyclic amines) is 1. The van der Waals surface area contributed by atoms with Crippen LogP contribution in [0.3, 0.4) is 0 Å². The van der Waals surface area contributed by atoms with Crippen LogP contribution in [0.15, 0.2) is 54.6 Å². The number of nitrogens with zero attached hydrogens (tertiary/aromatic N) is 2. The van der Waals surface area contributed by atoms with Crippen molar-refractivity contribution in [2.45, 2.75) is 51.0 Å². The zero-order valence-corrected chi connectivity index (χ0v) is 18.8. The lowest BCUT2D eigenvalue weighted by Gasteiger charge is -2.42. The van der Waals surface area contributed by atoms with E-state index >= 15 is 0 Å². The predicted octanol–water partition coefficient (Wildman–Crippen LogP) is 3.22. The zero-order valence-electron chi connectivity index (χ0n) is 18.8. The predicted molar refractivity (Wildman–Crippen MR) is 119 cm³/mol. The smallest absolute Gasteiger partial charge is 0.410 e. The Kier molecular flexibility index (Phi) is 5.95. The molecule has 0 aromatic heterocycles. The van der Waals surface area contributed by atoms with Gasteiger partial charge in [0.15, 0.2) is 5.78 Å². The lowest BCUT2D eigenvalue weighted by Crippen LogP contribution is -2.58. The highest BCUT2D eigenvalue weighted by atomic mass is 16.6. The quantitative estimate of drug-likeness (QED) is 0.504. The molecule has 1 unspecified atom stereocenters. The molecule has 170 valence electrons. The van der Waals surface area contributed by atoms with E-state index in [2.05, 4.69) is 6.58 Å². The first-order valence-electron chi connectivity index (χ1n) is 11.1. The van der Waals surface area contributed by atoms with Gasteiger partial charge in [0.2, 0.25) is 5.91 Å². The molecule has 0 N–H and O–H groups in total. The van der Waals surface area contributed by atoms with Gasteiger partial charge in [-0.25, -0.2) is 4.79 Å². The number of carbonyl (C=O) groups excluding carboxylic acids is 3. The molecule has 0 bridgehead atoms. The van der Waals surface area contributed by atoms with Crippen molar-refractivity contribution in [3.05, 3.63) is 60.2 Å². The Balaban J connectivity index is 1.66. The summed E-state index contributed by atoms with van der Waals surface area (Å²) in [6.07, 6.45) is 2.73. The molecular formula is C25H30N2O5. The molecule has 32 heavy (non-hydrogen) atoms. The Morgan fingerprint density at radius 2 is 2.03 bits per heavy atom. The van der Waals surface area contributed by atoms with Crippen LogP contribution in [0.4, 0.5) is 4.79 Å². The average Bonchev–Trinajstić information content (AvgIpc) is 3.21. The molecule has 0 radical (unpaired) electrons. The van der Waals surface area contributed by atoms with E-state index in [0.29, 0.717) is 18.7 Å². The van der Waals surface area contributed by atoms with Gasteiger partial charge in [-0.05, 0) is 20.8 Å². The first-order chi connectivity index (χ1) is 15.3. The molecule has 7 nitrogen and oxygen atoms in total. The topological polar surface area (TPSA) is 76.2 Å². The maximum atomic E-state index is 13.5. The minimum Gasteiger partial charge on any atom is -0.445 e. The van der Waals surface area contributed by atoms with Gasteiger partial charge in [0.25, 0.3) is 0 Å². The molecule has 2 fully saturated rings. The van der Waals surface area contributed by atoms with E-state index in [1.54, 1.807) is 21.9 Å². The summed E-state index contributed by atoms with van der Waals surface area (Å²) in [7, 11) is 0. The van der Waals surface area contributed by atoms with Crippen LogP contribution in [0.5, 0.6) is 0 Å². The third-order valence-electron chi connectivity index (χ3n) is 6.70. The Labute approximate surface area is 188 Å². The molecule has 4 rings (SSSR count). The number of ether oxygens (including phenoxy) is 2. The highest BCUT2D eigenvalue weighted by Gasteiger charge is 2.65. The van der Waals surface area contributed by atoms with Crippen LogP contribution < -0.4 is 0 Å². The van der Waals surface area contributed by atoms with Gasteiger partial charge in [-0.15, -0.1) is 0 Å². The maximum absolute atomic E-state index is 13.5. The van der Waals surface area contributed by atoms with Crippen LogP contribution in [0, 0.1) is 5.92 Å². The molecule has 1 aromatic carbocycles. The van der Waals surface area contributed by atoms with Crippen LogP contribution in [0.1, 0.15) is 37.6 Å².